The van der Waals surface area contributed by atoms with Crippen LogP contribution in [0.4, 0.5) is 0 Å². The molecule has 0 aliphatic carbocycles. The number of aromatic amines is 1. The molecule has 17 heavy (non-hydrogen) atoms. The van der Waals surface area contributed by atoms with Crippen molar-refractivity contribution in [3.8, 4) is 0 Å². The highest BCUT2D eigenvalue weighted by Crippen LogP contribution is 2.30. The van der Waals surface area contributed by atoms with Crippen molar-refractivity contribution < 1.29 is 0 Å². The predicted octanol–water partition coefficient (Wildman–Crippen LogP) is 5.60. The highest BCUT2D eigenvalue weighted by Gasteiger charge is 2.07. The Hall–Kier alpha value is -0.660. The standard InChI is InChI=1S/C14H17Cl2N/c1-2-3-4-5-6-10-9-17-14-12(10)7-11(15)8-13(14)16/h7-9,17H,2-6H2,1H3. The fourth-order valence-corrected chi connectivity index (χ4v) is 2.71. The zero-order valence-corrected chi connectivity index (χ0v) is 11.5. The first-order chi connectivity index (χ1) is 8.22. The van der Waals surface area contributed by atoms with Gasteiger partial charge in [-0.15, -0.1) is 0 Å². The summed E-state index contributed by atoms with van der Waals surface area (Å²) >= 11 is 12.2. The van der Waals surface area contributed by atoms with E-state index in [1.165, 1.54) is 36.6 Å². The molecule has 2 aromatic rings. The average molecular weight is 270 g/mol. The molecule has 1 aromatic carbocycles. The second kappa shape index (κ2) is 5.79. The Morgan fingerprint density at radius 3 is 2.71 bits per heavy atom. The molecule has 0 radical (unpaired) electrons. The minimum Gasteiger partial charge on any atom is -0.360 e. The van der Waals surface area contributed by atoms with Crippen LogP contribution in [-0.4, -0.2) is 4.98 Å². The van der Waals surface area contributed by atoms with E-state index in [0.29, 0.717) is 10.0 Å². The van der Waals surface area contributed by atoms with Crippen LogP contribution in [0.3, 0.4) is 0 Å². The van der Waals surface area contributed by atoms with Crippen molar-refractivity contribution in [2.75, 3.05) is 0 Å². The van der Waals surface area contributed by atoms with Crippen LogP contribution in [0.5, 0.6) is 0 Å². The molecule has 1 nitrogen and oxygen atoms in total. The van der Waals surface area contributed by atoms with Crippen molar-refractivity contribution in [1.82, 2.24) is 4.98 Å². The topological polar surface area (TPSA) is 15.8 Å². The van der Waals surface area contributed by atoms with Crippen molar-refractivity contribution in [1.29, 1.82) is 0 Å². The molecule has 0 amide bonds. The lowest BCUT2D eigenvalue weighted by Gasteiger charge is -2.01. The van der Waals surface area contributed by atoms with E-state index in [4.69, 9.17) is 23.2 Å². The zero-order chi connectivity index (χ0) is 12.3. The molecule has 1 heterocycles. The number of aryl methyl sites for hydroxylation is 1. The molecular formula is C14H17Cl2N. The van der Waals surface area contributed by atoms with Gasteiger partial charge >= 0.3 is 0 Å². The van der Waals surface area contributed by atoms with Gasteiger partial charge < -0.3 is 4.98 Å². The molecule has 0 bridgehead atoms. The molecule has 1 N–H and O–H groups in total. The quantitative estimate of drug-likeness (QED) is 0.681. The van der Waals surface area contributed by atoms with E-state index in [2.05, 4.69) is 18.1 Å². The summed E-state index contributed by atoms with van der Waals surface area (Å²) in [5.41, 5.74) is 2.32. The first-order valence-corrected chi connectivity index (χ1v) is 6.93. The number of benzene rings is 1. The molecule has 3 heteroatoms. The van der Waals surface area contributed by atoms with Crippen LogP contribution in [0.1, 0.15) is 38.2 Å². The van der Waals surface area contributed by atoms with Gasteiger partial charge in [-0.3, -0.25) is 0 Å². The molecule has 0 aliphatic rings. The Morgan fingerprint density at radius 1 is 1.12 bits per heavy atom. The van der Waals surface area contributed by atoms with Gasteiger partial charge in [-0.05, 0) is 30.5 Å². The lowest BCUT2D eigenvalue weighted by atomic mass is 10.1. The molecule has 2 rings (SSSR count). The smallest absolute Gasteiger partial charge is 0.0661 e. The molecule has 0 saturated carbocycles. The molecule has 0 spiro atoms. The fraction of sp³-hybridized carbons (Fsp3) is 0.429. The summed E-state index contributed by atoms with van der Waals surface area (Å²) in [6.07, 6.45) is 8.24. The number of hydrogen-bond acceptors (Lipinski definition) is 0. The summed E-state index contributed by atoms with van der Waals surface area (Å²) in [6.45, 7) is 2.23. The number of nitrogens with one attached hydrogen (secondary N) is 1. The van der Waals surface area contributed by atoms with E-state index >= 15 is 0 Å². The molecule has 0 atom stereocenters. The Kier molecular flexibility index (Phi) is 4.36. The van der Waals surface area contributed by atoms with Crippen molar-refractivity contribution in [3.63, 3.8) is 0 Å². The largest absolute Gasteiger partial charge is 0.360 e. The van der Waals surface area contributed by atoms with Crippen LogP contribution in [0.2, 0.25) is 10.0 Å². The molecule has 1 aromatic heterocycles. The number of H-pyrrole nitrogens is 1. The van der Waals surface area contributed by atoms with Crippen LogP contribution < -0.4 is 0 Å². The molecule has 92 valence electrons. The lowest BCUT2D eigenvalue weighted by Crippen LogP contribution is -1.84. The molecular weight excluding hydrogens is 253 g/mol. The van der Waals surface area contributed by atoms with Crippen LogP contribution >= 0.6 is 23.2 Å². The summed E-state index contributed by atoms with van der Waals surface area (Å²) in [4.78, 5) is 3.23. The van der Waals surface area contributed by atoms with Gasteiger partial charge in [0.2, 0.25) is 0 Å². The minimum atomic E-state index is 0.701. The van der Waals surface area contributed by atoms with E-state index in [9.17, 15) is 0 Å². The Bertz CT molecular complexity index is 502. The summed E-state index contributed by atoms with van der Waals surface area (Å²) < 4.78 is 0. The Balaban J connectivity index is 2.18. The van der Waals surface area contributed by atoms with Crippen LogP contribution in [0.25, 0.3) is 10.9 Å². The van der Waals surface area contributed by atoms with Gasteiger partial charge in [-0.1, -0.05) is 49.4 Å². The Morgan fingerprint density at radius 2 is 1.94 bits per heavy atom. The third-order valence-electron chi connectivity index (χ3n) is 3.09. The van der Waals surface area contributed by atoms with Crippen LogP contribution in [0.15, 0.2) is 18.3 Å². The minimum absolute atomic E-state index is 0.701. The SMILES string of the molecule is CCCCCCc1c[nH]c2c(Cl)cc(Cl)cc12. The van der Waals surface area contributed by atoms with Crippen molar-refractivity contribution >= 4 is 34.1 Å². The third kappa shape index (κ3) is 2.97. The van der Waals surface area contributed by atoms with Crippen molar-refractivity contribution in [3.05, 3.63) is 33.9 Å². The van der Waals surface area contributed by atoms with E-state index < -0.39 is 0 Å². The summed E-state index contributed by atoms with van der Waals surface area (Å²) in [5.74, 6) is 0. The van der Waals surface area contributed by atoms with Gasteiger partial charge in [0.25, 0.3) is 0 Å². The fourth-order valence-electron chi connectivity index (χ4n) is 2.16. The van der Waals surface area contributed by atoms with Crippen molar-refractivity contribution in [2.45, 2.75) is 39.0 Å². The summed E-state index contributed by atoms with van der Waals surface area (Å²) in [7, 11) is 0. The van der Waals surface area contributed by atoms with Crippen LogP contribution in [-0.2, 0) is 6.42 Å². The van der Waals surface area contributed by atoms with Gasteiger partial charge in [-0.2, -0.15) is 0 Å². The highest BCUT2D eigenvalue weighted by atomic mass is 35.5. The maximum atomic E-state index is 6.14. The second-order valence-corrected chi connectivity index (χ2v) is 5.28. The number of halogens is 2. The van der Waals surface area contributed by atoms with E-state index in [1.54, 1.807) is 6.07 Å². The number of unbranched alkanes of at least 4 members (excludes halogenated alkanes) is 3. The maximum Gasteiger partial charge on any atom is 0.0661 e. The molecule has 0 aliphatic heterocycles. The van der Waals surface area contributed by atoms with Gasteiger partial charge in [0.1, 0.15) is 0 Å². The van der Waals surface area contributed by atoms with Gasteiger partial charge in [0, 0.05) is 16.6 Å². The number of fused-ring (bicyclic) bond motifs is 1. The van der Waals surface area contributed by atoms with E-state index in [1.807, 2.05) is 6.07 Å². The monoisotopic (exact) mass is 269 g/mol. The van der Waals surface area contributed by atoms with Crippen molar-refractivity contribution in [2.24, 2.45) is 0 Å². The summed E-state index contributed by atoms with van der Waals surface area (Å²) in [5, 5.41) is 2.57. The molecule has 0 saturated heterocycles. The number of hydrogen-bond donors (Lipinski definition) is 1. The maximum absolute atomic E-state index is 6.14. The number of aromatic nitrogens is 1. The Labute approximate surface area is 112 Å². The second-order valence-electron chi connectivity index (χ2n) is 4.43. The normalized spacial score (nSPS) is 11.2. The van der Waals surface area contributed by atoms with E-state index in [-0.39, 0.29) is 0 Å². The number of rotatable bonds is 5. The average Bonchev–Trinajstić information content (AvgIpc) is 2.68. The lowest BCUT2D eigenvalue weighted by molar-refractivity contribution is 0.668. The third-order valence-corrected chi connectivity index (χ3v) is 3.61. The zero-order valence-electron chi connectivity index (χ0n) is 10.0. The van der Waals surface area contributed by atoms with Gasteiger partial charge in [0.05, 0.1) is 10.5 Å². The van der Waals surface area contributed by atoms with Gasteiger partial charge in [-0.25, -0.2) is 0 Å². The van der Waals surface area contributed by atoms with Gasteiger partial charge in [0.15, 0.2) is 0 Å². The molecule has 0 fully saturated rings. The van der Waals surface area contributed by atoms with E-state index in [0.717, 1.165) is 11.9 Å². The predicted molar refractivity (Wildman–Crippen MR) is 76.2 cm³/mol. The van der Waals surface area contributed by atoms with Crippen LogP contribution in [0, 0.1) is 0 Å². The summed E-state index contributed by atoms with van der Waals surface area (Å²) in [6, 6.07) is 3.78. The first-order valence-electron chi connectivity index (χ1n) is 6.17. The molecule has 0 unspecified atom stereocenters. The highest BCUT2D eigenvalue weighted by molar-refractivity contribution is 6.38. The first kappa shape index (κ1) is 12.8.